The van der Waals surface area contributed by atoms with E-state index in [0.29, 0.717) is 11.7 Å². The first-order chi connectivity index (χ1) is 8.69. The van der Waals surface area contributed by atoms with Crippen LogP contribution in [0.3, 0.4) is 0 Å². The number of rotatable bonds is 5. The van der Waals surface area contributed by atoms with Crippen molar-refractivity contribution in [3.05, 3.63) is 10.6 Å². The van der Waals surface area contributed by atoms with E-state index in [1.165, 1.54) is 17.7 Å². The molecule has 1 aliphatic rings. The quantitative estimate of drug-likeness (QED) is 0.833. The minimum absolute atomic E-state index is 0.0648. The Balaban J connectivity index is 1.89. The number of hydrogen-bond acceptors (Lipinski definition) is 5. The molecule has 1 amide bonds. The van der Waals surface area contributed by atoms with Gasteiger partial charge in [-0.25, -0.2) is 4.98 Å². The van der Waals surface area contributed by atoms with Crippen molar-refractivity contribution in [3.63, 3.8) is 0 Å². The van der Waals surface area contributed by atoms with Crippen LogP contribution < -0.4 is 5.32 Å². The number of carbonyl (C=O) groups excluding carboxylic acids is 1. The maximum atomic E-state index is 11.7. The Morgan fingerprint density at radius 1 is 1.50 bits per heavy atom. The summed E-state index contributed by atoms with van der Waals surface area (Å²) in [5, 5.41) is 12.3. The van der Waals surface area contributed by atoms with Crippen LogP contribution in [0.1, 0.15) is 23.4 Å². The molecule has 0 saturated heterocycles. The van der Waals surface area contributed by atoms with Gasteiger partial charge in [0.25, 0.3) is 0 Å². The normalized spacial score (nSPS) is 14.6. The van der Waals surface area contributed by atoms with Gasteiger partial charge in [-0.2, -0.15) is 0 Å². The van der Waals surface area contributed by atoms with Crippen LogP contribution in [0.2, 0.25) is 0 Å². The largest absolute Gasteiger partial charge is 0.395 e. The lowest BCUT2D eigenvalue weighted by molar-refractivity contribution is -0.117. The standard InChI is InChI=1S/C12H19N3O2S/c1-15(6-7-16)8-11(17)14-12-13-9-4-2-3-5-10(9)18-12/h16H,2-8H2,1H3,(H,13,14,17). The molecule has 0 atom stereocenters. The number of nitrogens with zero attached hydrogens (tertiary/aromatic N) is 2. The third-order valence-corrected chi connectivity index (χ3v) is 4.06. The summed E-state index contributed by atoms with van der Waals surface area (Å²) in [7, 11) is 1.81. The Morgan fingerprint density at radius 3 is 3.00 bits per heavy atom. The van der Waals surface area contributed by atoms with Crippen molar-refractivity contribution in [1.29, 1.82) is 0 Å². The highest BCUT2D eigenvalue weighted by Crippen LogP contribution is 2.29. The van der Waals surface area contributed by atoms with Gasteiger partial charge in [-0.1, -0.05) is 0 Å². The molecule has 0 unspecified atom stereocenters. The minimum atomic E-state index is -0.0722. The number of likely N-dealkylation sites (N-methyl/N-ethyl adjacent to an activating group) is 1. The minimum Gasteiger partial charge on any atom is -0.395 e. The topological polar surface area (TPSA) is 65.5 Å². The highest BCUT2D eigenvalue weighted by Gasteiger charge is 2.16. The number of carbonyl (C=O) groups is 1. The van der Waals surface area contributed by atoms with Crippen molar-refractivity contribution in [3.8, 4) is 0 Å². The van der Waals surface area contributed by atoms with Gasteiger partial charge >= 0.3 is 0 Å². The van der Waals surface area contributed by atoms with E-state index in [4.69, 9.17) is 5.11 Å². The van der Waals surface area contributed by atoms with Gasteiger partial charge in [-0.15, -0.1) is 11.3 Å². The van der Waals surface area contributed by atoms with Gasteiger partial charge in [-0.05, 0) is 32.7 Å². The van der Waals surface area contributed by atoms with Crippen LogP contribution in [0.15, 0.2) is 0 Å². The second-order valence-electron chi connectivity index (χ2n) is 4.61. The Morgan fingerprint density at radius 2 is 2.28 bits per heavy atom. The Bertz CT molecular complexity index is 396. The number of thiazole rings is 1. The first kappa shape index (κ1) is 13.5. The van der Waals surface area contributed by atoms with Crippen LogP contribution in [0, 0.1) is 0 Å². The van der Waals surface area contributed by atoms with Crippen LogP contribution in [0.5, 0.6) is 0 Å². The van der Waals surface area contributed by atoms with Crippen LogP contribution in [-0.2, 0) is 17.6 Å². The van der Waals surface area contributed by atoms with E-state index in [-0.39, 0.29) is 19.1 Å². The lowest BCUT2D eigenvalue weighted by Gasteiger charge is -2.13. The molecular weight excluding hydrogens is 250 g/mol. The maximum absolute atomic E-state index is 11.7. The number of aliphatic hydroxyl groups is 1. The Kier molecular flexibility index (Phi) is 4.68. The molecule has 0 fully saturated rings. The lowest BCUT2D eigenvalue weighted by atomic mass is 10.0. The summed E-state index contributed by atoms with van der Waals surface area (Å²) in [5.41, 5.74) is 1.16. The predicted octanol–water partition coefficient (Wildman–Crippen LogP) is 0.884. The molecule has 0 radical (unpaired) electrons. The van der Waals surface area contributed by atoms with Crippen molar-refractivity contribution in [2.24, 2.45) is 0 Å². The fraction of sp³-hybridized carbons (Fsp3) is 0.667. The van der Waals surface area contributed by atoms with Gasteiger partial charge in [0.05, 0.1) is 18.8 Å². The molecule has 0 aromatic carbocycles. The molecule has 1 aliphatic carbocycles. The van der Waals surface area contributed by atoms with E-state index in [1.54, 1.807) is 16.2 Å². The second-order valence-corrected chi connectivity index (χ2v) is 5.69. The number of fused-ring (bicyclic) bond motifs is 1. The zero-order valence-electron chi connectivity index (χ0n) is 10.6. The third kappa shape index (κ3) is 3.51. The van der Waals surface area contributed by atoms with E-state index in [2.05, 4.69) is 10.3 Å². The number of amides is 1. The van der Waals surface area contributed by atoms with Gasteiger partial charge in [0.2, 0.25) is 5.91 Å². The summed E-state index contributed by atoms with van der Waals surface area (Å²) in [6.45, 7) is 0.849. The van der Waals surface area contributed by atoms with E-state index in [9.17, 15) is 4.79 Å². The van der Waals surface area contributed by atoms with Crippen LogP contribution in [-0.4, -0.2) is 47.6 Å². The van der Waals surface area contributed by atoms with Gasteiger partial charge in [-0.3, -0.25) is 9.69 Å². The van der Waals surface area contributed by atoms with E-state index < -0.39 is 0 Å². The average molecular weight is 269 g/mol. The zero-order valence-corrected chi connectivity index (χ0v) is 11.4. The van der Waals surface area contributed by atoms with Crippen molar-refractivity contribution in [2.75, 3.05) is 32.1 Å². The first-order valence-corrected chi connectivity index (χ1v) is 7.08. The molecule has 0 aliphatic heterocycles. The summed E-state index contributed by atoms with van der Waals surface area (Å²) in [6, 6.07) is 0. The summed E-state index contributed by atoms with van der Waals surface area (Å²) in [6.07, 6.45) is 4.55. The molecule has 0 bridgehead atoms. The van der Waals surface area contributed by atoms with Gasteiger partial charge < -0.3 is 10.4 Å². The molecule has 1 aromatic heterocycles. The molecule has 2 rings (SSSR count). The fourth-order valence-corrected chi connectivity index (χ4v) is 3.13. The average Bonchev–Trinajstić information content (AvgIpc) is 2.70. The van der Waals surface area contributed by atoms with Gasteiger partial charge in [0.15, 0.2) is 5.13 Å². The summed E-state index contributed by atoms with van der Waals surface area (Å²) in [5.74, 6) is -0.0722. The van der Waals surface area contributed by atoms with Crippen molar-refractivity contribution >= 4 is 22.4 Å². The highest BCUT2D eigenvalue weighted by atomic mass is 32.1. The van der Waals surface area contributed by atoms with Crippen molar-refractivity contribution in [1.82, 2.24) is 9.88 Å². The lowest BCUT2D eigenvalue weighted by Crippen LogP contribution is -2.32. The van der Waals surface area contributed by atoms with Gasteiger partial charge in [0, 0.05) is 11.4 Å². The smallest absolute Gasteiger partial charge is 0.240 e. The number of aliphatic hydroxyl groups excluding tert-OH is 1. The second kappa shape index (κ2) is 6.26. The van der Waals surface area contributed by atoms with Crippen LogP contribution >= 0.6 is 11.3 Å². The predicted molar refractivity (Wildman–Crippen MR) is 72.0 cm³/mol. The molecule has 0 spiro atoms. The van der Waals surface area contributed by atoms with Gasteiger partial charge in [0.1, 0.15) is 0 Å². The molecule has 1 aromatic rings. The molecule has 6 heteroatoms. The zero-order chi connectivity index (χ0) is 13.0. The molecule has 18 heavy (non-hydrogen) atoms. The highest BCUT2D eigenvalue weighted by molar-refractivity contribution is 7.15. The molecule has 0 saturated carbocycles. The maximum Gasteiger partial charge on any atom is 0.240 e. The fourth-order valence-electron chi connectivity index (χ4n) is 2.06. The first-order valence-electron chi connectivity index (χ1n) is 6.27. The molecular formula is C12H19N3O2S. The SMILES string of the molecule is CN(CCO)CC(=O)Nc1nc2c(s1)CCCC2. The number of hydrogen-bond donors (Lipinski definition) is 2. The Labute approximate surface area is 111 Å². The Hall–Kier alpha value is -0.980. The molecule has 2 N–H and O–H groups in total. The number of nitrogens with one attached hydrogen (secondary N) is 1. The molecule has 1 heterocycles. The van der Waals surface area contributed by atoms with Crippen LogP contribution in [0.4, 0.5) is 5.13 Å². The molecule has 5 nitrogen and oxygen atoms in total. The summed E-state index contributed by atoms with van der Waals surface area (Å²) < 4.78 is 0. The number of anilines is 1. The summed E-state index contributed by atoms with van der Waals surface area (Å²) >= 11 is 1.59. The molecule has 100 valence electrons. The van der Waals surface area contributed by atoms with Crippen LogP contribution in [0.25, 0.3) is 0 Å². The van der Waals surface area contributed by atoms with E-state index in [1.807, 2.05) is 7.05 Å². The van der Waals surface area contributed by atoms with E-state index >= 15 is 0 Å². The number of aromatic nitrogens is 1. The van der Waals surface area contributed by atoms with E-state index in [0.717, 1.165) is 18.5 Å². The number of aryl methyl sites for hydroxylation is 2. The monoisotopic (exact) mass is 269 g/mol. The summed E-state index contributed by atoms with van der Waals surface area (Å²) in [4.78, 5) is 19.3. The van der Waals surface area contributed by atoms with Crippen molar-refractivity contribution in [2.45, 2.75) is 25.7 Å². The van der Waals surface area contributed by atoms with Crippen molar-refractivity contribution < 1.29 is 9.90 Å². The third-order valence-electron chi connectivity index (χ3n) is 2.99.